The first-order chi connectivity index (χ1) is 7.37. The van der Waals surface area contributed by atoms with Gasteiger partial charge in [-0.1, -0.05) is 13.8 Å². The van der Waals surface area contributed by atoms with Crippen LogP contribution in [-0.4, -0.2) is 35.9 Å². The molecule has 0 spiro atoms. The van der Waals surface area contributed by atoms with Crippen LogP contribution in [0.25, 0.3) is 0 Å². The van der Waals surface area contributed by atoms with E-state index >= 15 is 0 Å². The summed E-state index contributed by atoms with van der Waals surface area (Å²) in [5.74, 6) is 0.0292. The lowest BCUT2D eigenvalue weighted by molar-refractivity contribution is 0.0744. The van der Waals surface area contributed by atoms with Crippen molar-refractivity contribution < 1.29 is 4.79 Å². The molecule has 106 valence electrons. The van der Waals surface area contributed by atoms with Crippen LogP contribution >= 0.6 is 36.2 Å². The van der Waals surface area contributed by atoms with E-state index in [1.165, 1.54) is 11.3 Å². The second kappa shape index (κ2) is 7.94. The smallest absolute Gasteiger partial charge is 0.265 e. The average molecular weight is 314 g/mol. The van der Waals surface area contributed by atoms with E-state index in [0.717, 1.165) is 10.6 Å². The molecule has 18 heavy (non-hydrogen) atoms. The van der Waals surface area contributed by atoms with Crippen molar-refractivity contribution in [2.24, 2.45) is 11.1 Å². The molecular formula is C11H21Cl2N3OS. The quantitative estimate of drug-likeness (QED) is 0.928. The predicted octanol–water partition coefficient (Wildman–Crippen LogP) is 2.35. The van der Waals surface area contributed by atoms with Crippen LogP contribution in [0, 0.1) is 12.3 Å². The molecule has 1 aromatic heterocycles. The Morgan fingerprint density at radius 2 is 2.06 bits per heavy atom. The molecule has 0 aliphatic heterocycles. The lowest BCUT2D eigenvalue weighted by Gasteiger charge is -2.28. The van der Waals surface area contributed by atoms with E-state index in [-0.39, 0.29) is 36.1 Å². The highest BCUT2D eigenvalue weighted by molar-refractivity contribution is 7.11. The molecule has 0 saturated heterocycles. The van der Waals surface area contributed by atoms with Gasteiger partial charge in [0.2, 0.25) is 0 Å². The number of aromatic nitrogens is 1. The number of hydrogen-bond acceptors (Lipinski definition) is 4. The van der Waals surface area contributed by atoms with E-state index in [1.54, 1.807) is 17.5 Å². The maximum atomic E-state index is 12.1. The zero-order chi connectivity index (χ0) is 12.3. The minimum Gasteiger partial charge on any atom is -0.340 e. The van der Waals surface area contributed by atoms with Gasteiger partial charge in [0.25, 0.3) is 5.91 Å². The first kappa shape index (κ1) is 20.0. The third-order valence-corrected chi connectivity index (χ3v) is 3.42. The molecule has 0 fully saturated rings. The standard InChI is InChI=1S/C11H19N3OS.2ClH/c1-8-9(16-7-13-8)10(15)14(4)6-11(2,3)5-12;;/h7H,5-6,12H2,1-4H3;2*1H. The molecule has 7 heteroatoms. The van der Waals surface area contributed by atoms with Gasteiger partial charge in [-0.15, -0.1) is 36.2 Å². The largest absolute Gasteiger partial charge is 0.340 e. The number of hydrogen-bond donors (Lipinski definition) is 1. The molecular weight excluding hydrogens is 293 g/mol. The molecule has 0 aliphatic carbocycles. The van der Waals surface area contributed by atoms with Gasteiger partial charge in [0.1, 0.15) is 4.88 Å². The Bertz CT molecular complexity index is 382. The minimum absolute atomic E-state index is 0. The van der Waals surface area contributed by atoms with E-state index in [0.29, 0.717) is 13.1 Å². The van der Waals surface area contributed by atoms with Gasteiger partial charge in [-0.3, -0.25) is 4.79 Å². The monoisotopic (exact) mass is 313 g/mol. The van der Waals surface area contributed by atoms with Gasteiger partial charge < -0.3 is 10.6 Å². The van der Waals surface area contributed by atoms with Crippen LogP contribution in [0.4, 0.5) is 0 Å². The Labute approximate surface area is 125 Å². The molecule has 1 amide bonds. The summed E-state index contributed by atoms with van der Waals surface area (Å²) in [5, 5.41) is 0. The molecule has 0 radical (unpaired) electrons. The van der Waals surface area contributed by atoms with Crippen molar-refractivity contribution in [3.8, 4) is 0 Å². The number of carbonyl (C=O) groups excluding carboxylic acids is 1. The highest BCUT2D eigenvalue weighted by atomic mass is 35.5. The second-order valence-corrected chi connectivity index (χ2v) is 5.65. The fourth-order valence-electron chi connectivity index (χ4n) is 1.46. The normalized spacial score (nSPS) is 10.3. The molecule has 4 nitrogen and oxygen atoms in total. The van der Waals surface area contributed by atoms with Crippen molar-refractivity contribution in [2.75, 3.05) is 20.1 Å². The minimum atomic E-state index is -0.0526. The number of nitrogens with zero attached hydrogens (tertiary/aromatic N) is 2. The Morgan fingerprint density at radius 3 is 2.44 bits per heavy atom. The van der Waals surface area contributed by atoms with Crippen molar-refractivity contribution >= 4 is 42.1 Å². The fourth-order valence-corrected chi connectivity index (χ4v) is 2.26. The van der Waals surface area contributed by atoms with Gasteiger partial charge in [-0.2, -0.15) is 0 Å². The highest BCUT2D eigenvalue weighted by Crippen LogP contribution is 2.18. The zero-order valence-corrected chi connectivity index (χ0v) is 13.5. The van der Waals surface area contributed by atoms with E-state index in [4.69, 9.17) is 5.73 Å². The van der Waals surface area contributed by atoms with Gasteiger partial charge in [0.15, 0.2) is 0 Å². The van der Waals surface area contributed by atoms with Crippen molar-refractivity contribution in [1.82, 2.24) is 9.88 Å². The van der Waals surface area contributed by atoms with Crippen molar-refractivity contribution in [2.45, 2.75) is 20.8 Å². The summed E-state index contributed by atoms with van der Waals surface area (Å²) in [6, 6.07) is 0. The van der Waals surface area contributed by atoms with Crippen molar-refractivity contribution in [3.63, 3.8) is 0 Å². The van der Waals surface area contributed by atoms with Crippen LogP contribution in [0.1, 0.15) is 29.2 Å². The Balaban J connectivity index is 0. The van der Waals surface area contributed by atoms with Crippen LogP contribution in [0.2, 0.25) is 0 Å². The molecule has 0 unspecified atom stereocenters. The molecule has 0 aromatic carbocycles. The van der Waals surface area contributed by atoms with Gasteiger partial charge in [0.05, 0.1) is 11.2 Å². The van der Waals surface area contributed by atoms with E-state index in [1.807, 2.05) is 6.92 Å². The first-order valence-corrected chi connectivity index (χ1v) is 6.11. The summed E-state index contributed by atoms with van der Waals surface area (Å²) in [6.45, 7) is 7.17. The van der Waals surface area contributed by atoms with E-state index in [2.05, 4.69) is 18.8 Å². The number of thiazole rings is 1. The summed E-state index contributed by atoms with van der Waals surface area (Å²) >= 11 is 1.39. The number of nitrogens with two attached hydrogens (primary N) is 1. The van der Waals surface area contributed by atoms with Crippen LogP contribution in [0.15, 0.2) is 5.51 Å². The summed E-state index contributed by atoms with van der Waals surface area (Å²) in [4.78, 5) is 18.6. The van der Waals surface area contributed by atoms with Crippen molar-refractivity contribution in [3.05, 3.63) is 16.1 Å². The van der Waals surface area contributed by atoms with Gasteiger partial charge in [-0.05, 0) is 18.9 Å². The lowest BCUT2D eigenvalue weighted by atomic mass is 9.93. The Morgan fingerprint density at radius 1 is 1.50 bits per heavy atom. The Hall–Kier alpha value is -0.360. The van der Waals surface area contributed by atoms with Crippen LogP contribution in [0.5, 0.6) is 0 Å². The second-order valence-electron chi connectivity index (χ2n) is 4.80. The predicted molar refractivity (Wildman–Crippen MR) is 81.1 cm³/mol. The topological polar surface area (TPSA) is 59.2 Å². The third-order valence-electron chi connectivity index (χ3n) is 2.50. The molecule has 0 aliphatic rings. The number of rotatable bonds is 4. The summed E-state index contributed by atoms with van der Waals surface area (Å²) in [7, 11) is 1.80. The van der Waals surface area contributed by atoms with Gasteiger partial charge in [-0.25, -0.2) is 4.98 Å². The summed E-state index contributed by atoms with van der Waals surface area (Å²) in [6.07, 6.45) is 0. The SMILES string of the molecule is Cc1ncsc1C(=O)N(C)CC(C)(C)CN.Cl.Cl. The molecule has 0 atom stereocenters. The fraction of sp³-hybridized carbons (Fsp3) is 0.636. The molecule has 0 saturated carbocycles. The third kappa shape index (κ3) is 5.10. The molecule has 1 rings (SSSR count). The maximum absolute atomic E-state index is 12.1. The van der Waals surface area contributed by atoms with E-state index in [9.17, 15) is 4.79 Å². The summed E-state index contributed by atoms with van der Waals surface area (Å²) in [5.41, 5.74) is 8.10. The molecule has 0 bridgehead atoms. The van der Waals surface area contributed by atoms with Gasteiger partial charge in [0, 0.05) is 13.6 Å². The molecule has 1 aromatic rings. The number of halogens is 2. The maximum Gasteiger partial charge on any atom is 0.265 e. The van der Waals surface area contributed by atoms with Crippen LogP contribution < -0.4 is 5.73 Å². The van der Waals surface area contributed by atoms with E-state index < -0.39 is 0 Å². The average Bonchev–Trinajstić information content (AvgIpc) is 2.62. The first-order valence-electron chi connectivity index (χ1n) is 5.23. The zero-order valence-electron chi connectivity index (χ0n) is 11.1. The van der Waals surface area contributed by atoms with Gasteiger partial charge >= 0.3 is 0 Å². The summed E-state index contributed by atoms with van der Waals surface area (Å²) < 4.78 is 0. The van der Waals surface area contributed by atoms with Crippen molar-refractivity contribution in [1.29, 1.82) is 0 Å². The number of aryl methyl sites for hydroxylation is 1. The number of carbonyl (C=O) groups is 1. The lowest BCUT2D eigenvalue weighted by Crippen LogP contribution is -2.39. The Kier molecular flexibility index (Phi) is 8.81. The highest BCUT2D eigenvalue weighted by Gasteiger charge is 2.23. The van der Waals surface area contributed by atoms with Crippen LogP contribution in [-0.2, 0) is 0 Å². The molecule has 1 heterocycles. The molecule has 2 N–H and O–H groups in total. The number of amides is 1. The van der Waals surface area contributed by atoms with Crippen LogP contribution in [0.3, 0.4) is 0 Å².